The maximum Gasteiger partial charge on any atom is 0.390 e. The molecule has 1 aromatic carbocycles. The van der Waals surface area contributed by atoms with E-state index in [1.54, 1.807) is 6.92 Å². The summed E-state index contributed by atoms with van der Waals surface area (Å²) in [6.07, 6.45) is -5.74. The number of benzene rings is 1. The van der Waals surface area contributed by atoms with Crippen LogP contribution >= 0.6 is 11.6 Å². The standard InChI is InChI=1S/C10H10ClF4N/c1-5-2-3-6(12)8(9(5)11)7(16)4-10(13,14)15/h2-3,7H,4,16H2,1H3/t7-/m1/s1. The molecular formula is C10H10ClF4N. The molecular weight excluding hydrogens is 246 g/mol. The second kappa shape index (κ2) is 4.59. The Morgan fingerprint density at radius 3 is 2.44 bits per heavy atom. The first-order valence-corrected chi connectivity index (χ1v) is 4.87. The maximum atomic E-state index is 13.3. The van der Waals surface area contributed by atoms with Gasteiger partial charge in [-0.25, -0.2) is 4.39 Å². The summed E-state index contributed by atoms with van der Waals surface area (Å²) in [5.74, 6) is -0.813. The third-order valence-corrected chi connectivity index (χ3v) is 2.64. The SMILES string of the molecule is Cc1ccc(F)c([C@H](N)CC(F)(F)F)c1Cl. The van der Waals surface area contributed by atoms with Crippen molar-refractivity contribution in [3.8, 4) is 0 Å². The lowest BCUT2D eigenvalue weighted by atomic mass is 10.0. The molecule has 0 bridgehead atoms. The summed E-state index contributed by atoms with van der Waals surface area (Å²) in [5, 5.41) is -0.0447. The number of nitrogens with two attached hydrogens (primary N) is 1. The molecule has 0 saturated heterocycles. The van der Waals surface area contributed by atoms with Gasteiger partial charge in [-0.1, -0.05) is 17.7 Å². The van der Waals surface area contributed by atoms with Crippen LogP contribution in [0.2, 0.25) is 5.02 Å². The third kappa shape index (κ3) is 3.09. The highest BCUT2D eigenvalue weighted by Gasteiger charge is 2.33. The van der Waals surface area contributed by atoms with Gasteiger partial charge in [0.25, 0.3) is 0 Å². The molecule has 1 aromatic rings. The molecule has 0 amide bonds. The van der Waals surface area contributed by atoms with Gasteiger partial charge in [-0.15, -0.1) is 0 Å². The molecule has 0 aliphatic carbocycles. The minimum absolute atomic E-state index is 0.0447. The van der Waals surface area contributed by atoms with E-state index in [4.69, 9.17) is 17.3 Å². The van der Waals surface area contributed by atoms with Gasteiger partial charge in [-0.2, -0.15) is 13.2 Å². The highest BCUT2D eigenvalue weighted by Crippen LogP contribution is 2.34. The van der Waals surface area contributed by atoms with Gasteiger partial charge in [0.15, 0.2) is 0 Å². The van der Waals surface area contributed by atoms with Crippen molar-refractivity contribution in [3.05, 3.63) is 34.1 Å². The van der Waals surface area contributed by atoms with Crippen LogP contribution in [-0.2, 0) is 0 Å². The average molecular weight is 256 g/mol. The molecule has 0 saturated carbocycles. The zero-order chi connectivity index (χ0) is 12.5. The van der Waals surface area contributed by atoms with E-state index in [0.717, 1.165) is 6.07 Å². The lowest BCUT2D eigenvalue weighted by Gasteiger charge is -2.17. The lowest BCUT2D eigenvalue weighted by Crippen LogP contribution is -2.21. The number of halogens is 5. The smallest absolute Gasteiger partial charge is 0.324 e. The molecule has 6 heteroatoms. The van der Waals surface area contributed by atoms with Gasteiger partial charge in [0, 0.05) is 11.6 Å². The van der Waals surface area contributed by atoms with E-state index in [1.165, 1.54) is 6.07 Å². The van der Waals surface area contributed by atoms with E-state index in [0.29, 0.717) is 5.56 Å². The van der Waals surface area contributed by atoms with Crippen molar-refractivity contribution in [1.82, 2.24) is 0 Å². The predicted octanol–water partition coefficient (Wildman–Crippen LogP) is 3.74. The number of aryl methyl sites for hydroxylation is 1. The first kappa shape index (κ1) is 13.3. The highest BCUT2D eigenvalue weighted by atomic mass is 35.5. The Labute approximate surface area is 95.2 Å². The van der Waals surface area contributed by atoms with E-state index in [9.17, 15) is 17.6 Å². The van der Waals surface area contributed by atoms with Crippen molar-refractivity contribution in [3.63, 3.8) is 0 Å². The minimum atomic E-state index is -4.45. The van der Waals surface area contributed by atoms with Crippen molar-refractivity contribution in [1.29, 1.82) is 0 Å². The molecule has 0 aromatic heterocycles. The predicted molar refractivity (Wildman–Crippen MR) is 53.7 cm³/mol. The van der Waals surface area contributed by atoms with Crippen LogP contribution in [0.25, 0.3) is 0 Å². The van der Waals surface area contributed by atoms with Crippen molar-refractivity contribution >= 4 is 11.6 Å². The molecule has 0 radical (unpaired) electrons. The fourth-order valence-corrected chi connectivity index (χ4v) is 1.66. The molecule has 2 N–H and O–H groups in total. The molecule has 0 fully saturated rings. The Hall–Kier alpha value is -0.810. The fraction of sp³-hybridized carbons (Fsp3) is 0.400. The van der Waals surface area contributed by atoms with Crippen LogP contribution in [0.4, 0.5) is 17.6 Å². The van der Waals surface area contributed by atoms with Crippen molar-refractivity contribution in [2.45, 2.75) is 25.6 Å². The highest BCUT2D eigenvalue weighted by molar-refractivity contribution is 6.32. The van der Waals surface area contributed by atoms with Crippen LogP contribution in [-0.4, -0.2) is 6.18 Å². The molecule has 0 unspecified atom stereocenters. The third-order valence-electron chi connectivity index (χ3n) is 2.14. The van der Waals surface area contributed by atoms with Gasteiger partial charge in [0.1, 0.15) is 5.82 Å². The van der Waals surface area contributed by atoms with E-state index >= 15 is 0 Å². The van der Waals surface area contributed by atoms with Crippen LogP contribution in [0, 0.1) is 12.7 Å². The topological polar surface area (TPSA) is 26.0 Å². The van der Waals surface area contributed by atoms with Gasteiger partial charge < -0.3 is 5.73 Å². The van der Waals surface area contributed by atoms with Crippen LogP contribution in [0.15, 0.2) is 12.1 Å². The summed E-state index contributed by atoms with van der Waals surface area (Å²) in [5.41, 5.74) is 5.52. The molecule has 16 heavy (non-hydrogen) atoms. The van der Waals surface area contributed by atoms with Crippen LogP contribution in [0.1, 0.15) is 23.6 Å². The van der Waals surface area contributed by atoms with Gasteiger partial charge in [-0.3, -0.25) is 0 Å². The summed E-state index contributed by atoms with van der Waals surface area (Å²) in [7, 11) is 0. The summed E-state index contributed by atoms with van der Waals surface area (Å²) in [6, 6.07) is 0.973. The zero-order valence-corrected chi connectivity index (χ0v) is 9.16. The van der Waals surface area contributed by atoms with E-state index in [-0.39, 0.29) is 10.6 Å². The lowest BCUT2D eigenvalue weighted by molar-refractivity contribution is -0.138. The molecule has 0 aliphatic rings. The Morgan fingerprint density at radius 2 is 1.94 bits per heavy atom. The number of hydrogen-bond donors (Lipinski definition) is 1. The van der Waals surface area contributed by atoms with E-state index in [1.807, 2.05) is 0 Å². The van der Waals surface area contributed by atoms with Crippen molar-refractivity contribution < 1.29 is 17.6 Å². The molecule has 90 valence electrons. The van der Waals surface area contributed by atoms with Gasteiger partial charge in [0.2, 0.25) is 0 Å². The summed E-state index contributed by atoms with van der Waals surface area (Å²) in [6.45, 7) is 1.57. The number of alkyl halides is 3. The van der Waals surface area contributed by atoms with E-state index in [2.05, 4.69) is 0 Å². The first-order valence-electron chi connectivity index (χ1n) is 4.49. The molecule has 0 heterocycles. The van der Waals surface area contributed by atoms with Crippen LogP contribution in [0.5, 0.6) is 0 Å². The van der Waals surface area contributed by atoms with Gasteiger partial charge in [-0.05, 0) is 18.6 Å². The Balaban J connectivity index is 3.08. The van der Waals surface area contributed by atoms with Crippen LogP contribution in [0.3, 0.4) is 0 Å². The summed E-state index contributed by atoms with van der Waals surface area (Å²) >= 11 is 5.73. The zero-order valence-electron chi connectivity index (χ0n) is 8.41. The molecule has 1 rings (SSSR count). The summed E-state index contributed by atoms with van der Waals surface area (Å²) in [4.78, 5) is 0. The minimum Gasteiger partial charge on any atom is -0.324 e. The van der Waals surface area contributed by atoms with Crippen molar-refractivity contribution in [2.24, 2.45) is 5.73 Å². The van der Waals surface area contributed by atoms with Gasteiger partial charge >= 0.3 is 6.18 Å². The quantitative estimate of drug-likeness (QED) is 0.801. The molecule has 1 nitrogen and oxygen atoms in total. The molecule has 0 aliphatic heterocycles. The molecule has 0 spiro atoms. The second-order valence-electron chi connectivity index (χ2n) is 3.52. The second-order valence-corrected chi connectivity index (χ2v) is 3.90. The Bertz CT molecular complexity index is 389. The van der Waals surface area contributed by atoms with E-state index < -0.39 is 24.5 Å². The first-order chi connectivity index (χ1) is 7.22. The Morgan fingerprint density at radius 1 is 1.38 bits per heavy atom. The monoisotopic (exact) mass is 255 g/mol. The normalized spacial score (nSPS) is 13.9. The number of rotatable bonds is 2. The fourth-order valence-electron chi connectivity index (χ4n) is 1.37. The largest absolute Gasteiger partial charge is 0.390 e. The van der Waals surface area contributed by atoms with Gasteiger partial charge in [0.05, 0.1) is 11.4 Å². The average Bonchev–Trinajstić information content (AvgIpc) is 2.09. The summed E-state index contributed by atoms with van der Waals surface area (Å²) < 4.78 is 49.7. The number of hydrogen-bond acceptors (Lipinski definition) is 1. The molecule has 1 atom stereocenters. The maximum absolute atomic E-state index is 13.3. The van der Waals surface area contributed by atoms with Crippen LogP contribution < -0.4 is 5.73 Å². The van der Waals surface area contributed by atoms with Crippen molar-refractivity contribution in [2.75, 3.05) is 0 Å². The Kier molecular flexibility index (Phi) is 3.80.